The Morgan fingerprint density at radius 2 is 1.93 bits per heavy atom. The van der Waals surface area contributed by atoms with Gasteiger partial charge < -0.3 is 5.32 Å². The van der Waals surface area contributed by atoms with E-state index < -0.39 is 5.25 Å². The third-order valence-electron chi connectivity index (χ3n) is 4.04. The summed E-state index contributed by atoms with van der Waals surface area (Å²) in [6, 6.07) is 10.1. The number of halogens is 3. The second-order valence-electron chi connectivity index (χ2n) is 6.11. The van der Waals surface area contributed by atoms with E-state index in [2.05, 4.69) is 16.9 Å². The fourth-order valence-electron chi connectivity index (χ4n) is 2.63. The molecule has 0 aliphatic carbocycles. The van der Waals surface area contributed by atoms with Crippen LogP contribution in [0.5, 0.6) is 0 Å². The topological polar surface area (TPSA) is 64.0 Å². The third-order valence-corrected chi connectivity index (χ3v) is 5.95. The maximum atomic E-state index is 12.8. The second kappa shape index (κ2) is 9.22. The number of aromatic nitrogens is 2. The van der Waals surface area contributed by atoms with Crippen LogP contribution in [0.4, 0.5) is 5.69 Å². The predicted octanol–water partition coefficient (Wildman–Crippen LogP) is 5.66. The lowest BCUT2D eigenvalue weighted by molar-refractivity contribution is -0.115. The van der Waals surface area contributed by atoms with E-state index in [-0.39, 0.29) is 33.7 Å². The quantitative estimate of drug-likeness (QED) is 0.288. The summed E-state index contributed by atoms with van der Waals surface area (Å²) >= 11 is 19.3. The van der Waals surface area contributed by atoms with E-state index in [1.54, 1.807) is 31.2 Å². The molecule has 1 amide bonds. The first-order chi connectivity index (χ1) is 13.8. The normalized spacial score (nSPS) is 12.0. The van der Waals surface area contributed by atoms with Crippen LogP contribution in [0.1, 0.15) is 6.92 Å². The number of benzene rings is 2. The number of amides is 1. The predicted molar refractivity (Wildman–Crippen MR) is 122 cm³/mol. The minimum Gasteiger partial charge on any atom is -0.323 e. The highest BCUT2D eigenvalue weighted by molar-refractivity contribution is 8.00. The number of nitrogens with zero attached hydrogens (tertiary/aromatic N) is 2. The van der Waals surface area contributed by atoms with Crippen molar-refractivity contribution in [3.63, 3.8) is 0 Å². The van der Waals surface area contributed by atoms with Crippen LogP contribution in [0.25, 0.3) is 10.9 Å². The molecule has 0 fully saturated rings. The summed E-state index contributed by atoms with van der Waals surface area (Å²) in [4.78, 5) is 30.1. The minimum atomic E-state index is -0.582. The number of hydrogen-bond acceptors (Lipinski definition) is 4. The number of thioether (sulfide) groups is 1. The molecule has 3 rings (SSSR count). The van der Waals surface area contributed by atoms with Gasteiger partial charge in [-0.1, -0.05) is 64.8 Å². The van der Waals surface area contributed by atoms with Gasteiger partial charge >= 0.3 is 0 Å². The Morgan fingerprint density at radius 1 is 1.28 bits per heavy atom. The Bertz CT molecular complexity index is 1140. The van der Waals surface area contributed by atoms with E-state index in [4.69, 9.17) is 34.8 Å². The van der Waals surface area contributed by atoms with Gasteiger partial charge in [0.05, 0.1) is 31.9 Å². The van der Waals surface area contributed by atoms with Crippen LogP contribution in [0.2, 0.25) is 15.1 Å². The van der Waals surface area contributed by atoms with E-state index in [1.807, 2.05) is 6.07 Å². The monoisotopic (exact) mass is 467 g/mol. The second-order valence-corrected chi connectivity index (χ2v) is 8.67. The molecule has 0 radical (unpaired) electrons. The molecule has 150 valence electrons. The van der Waals surface area contributed by atoms with E-state index in [0.717, 1.165) is 11.8 Å². The van der Waals surface area contributed by atoms with Gasteiger partial charge in [0.2, 0.25) is 5.91 Å². The Morgan fingerprint density at radius 3 is 2.59 bits per heavy atom. The van der Waals surface area contributed by atoms with Gasteiger partial charge in [-0.05, 0) is 31.2 Å². The molecular formula is C20H16Cl3N3O2S. The zero-order valence-electron chi connectivity index (χ0n) is 15.3. The standard InChI is InChI=1S/C20H16Cl3N3O2S/c1-3-8-26-19(28)13-6-4-5-7-16(13)24-20(26)29-11(2)18(27)25-17-14(22)9-12(21)10-15(17)23/h3-7,9-11H,1,8H2,2H3,(H,25,27). The van der Waals surface area contributed by atoms with Gasteiger partial charge in [-0.25, -0.2) is 4.98 Å². The first kappa shape index (κ1) is 21.7. The van der Waals surface area contributed by atoms with Crippen LogP contribution in [0, 0.1) is 0 Å². The molecule has 1 unspecified atom stereocenters. The van der Waals surface area contributed by atoms with Gasteiger partial charge in [0.15, 0.2) is 5.16 Å². The minimum absolute atomic E-state index is 0.186. The van der Waals surface area contributed by atoms with E-state index in [0.29, 0.717) is 21.1 Å². The molecule has 1 aromatic heterocycles. The number of fused-ring (bicyclic) bond motifs is 1. The summed E-state index contributed by atoms with van der Waals surface area (Å²) in [5, 5.41) is 3.90. The number of carbonyl (C=O) groups is 1. The molecule has 0 bridgehead atoms. The summed E-state index contributed by atoms with van der Waals surface area (Å²) in [5.74, 6) is -0.339. The Balaban J connectivity index is 1.90. The molecule has 29 heavy (non-hydrogen) atoms. The molecule has 0 saturated heterocycles. The molecule has 1 heterocycles. The van der Waals surface area contributed by atoms with Gasteiger partial charge in [0, 0.05) is 11.6 Å². The van der Waals surface area contributed by atoms with E-state index >= 15 is 0 Å². The molecule has 2 aromatic carbocycles. The molecule has 1 N–H and O–H groups in total. The maximum absolute atomic E-state index is 12.8. The van der Waals surface area contributed by atoms with Crippen molar-refractivity contribution < 1.29 is 4.79 Å². The van der Waals surface area contributed by atoms with Crippen molar-refractivity contribution in [2.24, 2.45) is 0 Å². The van der Waals surface area contributed by atoms with Crippen molar-refractivity contribution in [1.82, 2.24) is 9.55 Å². The number of nitrogens with one attached hydrogen (secondary N) is 1. The van der Waals surface area contributed by atoms with Crippen LogP contribution >= 0.6 is 46.6 Å². The van der Waals surface area contributed by atoms with Gasteiger partial charge in [-0.15, -0.1) is 6.58 Å². The molecule has 9 heteroatoms. The highest BCUT2D eigenvalue weighted by Crippen LogP contribution is 2.34. The molecular weight excluding hydrogens is 453 g/mol. The molecule has 0 spiro atoms. The fourth-order valence-corrected chi connectivity index (χ4v) is 4.46. The lowest BCUT2D eigenvalue weighted by Gasteiger charge is -2.16. The van der Waals surface area contributed by atoms with Crippen molar-refractivity contribution in [2.45, 2.75) is 23.9 Å². The van der Waals surface area contributed by atoms with Crippen molar-refractivity contribution >= 4 is 69.1 Å². The Labute approximate surface area is 186 Å². The summed E-state index contributed by atoms with van der Waals surface area (Å²) < 4.78 is 1.49. The maximum Gasteiger partial charge on any atom is 0.262 e. The van der Waals surface area contributed by atoms with Gasteiger partial charge in [0.1, 0.15) is 0 Å². The van der Waals surface area contributed by atoms with E-state index in [1.165, 1.54) is 16.7 Å². The zero-order chi connectivity index (χ0) is 21.1. The Hall–Kier alpha value is -1.99. The van der Waals surface area contributed by atoms with Crippen LogP contribution in [0.3, 0.4) is 0 Å². The zero-order valence-corrected chi connectivity index (χ0v) is 18.4. The fraction of sp³-hybridized carbons (Fsp3) is 0.150. The number of carbonyl (C=O) groups excluding carboxylic acids is 1. The summed E-state index contributed by atoms with van der Waals surface area (Å²) in [5.41, 5.74) is 0.663. The SMILES string of the molecule is C=CCn1c(SC(C)C(=O)Nc2c(Cl)cc(Cl)cc2Cl)nc2ccccc2c1=O. The first-order valence-corrected chi connectivity index (χ1v) is 10.6. The lowest BCUT2D eigenvalue weighted by Crippen LogP contribution is -2.27. The first-order valence-electron chi connectivity index (χ1n) is 8.54. The van der Waals surface area contributed by atoms with Crippen molar-refractivity contribution in [2.75, 3.05) is 5.32 Å². The number of para-hydroxylation sites is 1. The van der Waals surface area contributed by atoms with E-state index in [9.17, 15) is 9.59 Å². The van der Waals surface area contributed by atoms with Crippen LogP contribution in [-0.4, -0.2) is 20.7 Å². The molecule has 1 atom stereocenters. The average Bonchev–Trinajstić information content (AvgIpc) is 2.67. The number of anilines is 1. The largest absolute Gasteiger partial charge is 0.323 e. The van der Waals surface area contributed by atoms with Crippen LogP contribution < -0.4 is 10.9 Å². The van der Waals surface area contributed by atoms with Gasteiger partial charge in [-0.3, -0.25) is 14.2 Å². The number of rotatable bonds is 6. The average molecular weight is 469 g/mol. The van der Waals surface area contributed by atoms with Gasteiger partial charge in [-0.2, -0.15) is 0 Å². The van der Waals surface area contributed by atoms with Crippen molar-refractivity contribution in [1.29, 1.82) is 0 Å². The molecule has 0 aliphatic rings. The highest BCUT2D eigenvalue weighted by atomic mass is 35.5. The molecule has 3 aromatic rings. The lowest BCUT2D eigenvalue weighted by atomic mass is 10.2. The molecule has 5 nitrogen and oxygen atoms in total. The van der Waals surface area contributed by atoms with Crippen molar-refractivity contribution in [3.8, 4) is 0 Å². The summed E-state index contributed by atoms with van der Waals surface area (Å²) in [6.07, 6.45) is 1.61. The third kappa shape index (κ3) is 4.78. The Kier molecular flexibility index (Phi) is 6.90. The number of hydrogen-bond donors (Lipinski definition) is 1. The molecule has 0 aliphatic heterocycles. The van der Waals surface area contributed by atoms with Crippen LogP contribution in [-0.2, 0) is 11.3 Å². The summed E-state index contributed by atoms with van der Waals surface area (Å²) in [7, 11) is 0. The number of allylic oxidation sites excluding steroid dienone is 1. The smallest absolute Gasteiger partial charge is 0.262 e. The van der Waals surface area contributed by atoms with Crippen LogP contribution in [0.15, 0.2) is 59.0 Å². The van der Waals surface area contributed by atoms with Gasteiger partial charge in [0.25, 0.3) is 5.56 Å². The van der Waals surface area contributed by atoms with Crippen molar-refractivity contribution in [3.05, 3.63) is 74.5 Å². The highest BCUT2D eigenvalue weighted by Gasteiger charge is 2.21. The summed E-state index contributed by atoms with van der Waals surface area (Å²) in [6.45, 7) is 5.68. The molecule has 0 saturated carbocycles.